The van der Waals surface area contributed by atoms with Gasteiger partial charge < -0.3 is 4.90 Å². The molecule has 4 rings (SSSR count). The van der Waals surface area contributed by atoms with Crippen molar-refractivity contribution in [3.8, 4) is 23.0 Å². The van der Waals surface area contributed by atoms with Crippen molar-refractivity contribution < 1.29 is 4.79 Å². The van der Waals surface area contributed by atoms with Crippen LogP contribution in [0.4, 0.5) is 0 Å². The number of benzene rings is 2. The van der Waals surface area contributed by atoms with Crippen molar-refractivity contribution in [1.82, 2.24) is 14.7 Å². The fourth-order valence-electron chi connectivity index (χ4n) is 3.15. The average Bonchev–Trinajstić information content (AvgIpc) is 3.50. The second-order valence-electron chi connectivity index (χ2n) is 6.77. The van der Waals surface area contributed by atoms with Crippen LogP contribution in [0.3, 0.4) is 0 Å². The van der Waals surface area contributed by atoms with E-state index in [1.54, 1.807) is 17.1 Å². The second-order valence-corrected chi connectivity index (χ2v) is 6.77. The van der Waals surface area contributed by atoms with E-state index >= 15 is 0 Å². The van der Waals surface area contributed by atoms with E-state index in [1.807, 2.05) is 71.5 Å². The van der Waals surface area contributed by atoms with E-state index in [9.17, 15) is 4.79 Å². The number of rotatable bonds is 6. The minimum atomic E-state index is -0.129. The molecule has 138 valence electrons. The first-order chi connectivity index (χ1) is 13.8. The predicted octanol–water partition coefficient (Wildman–Crippen LogP) is 4.07. The zero-order valence-corrected chi connectivity index (χ0v) is 15.4. The number of hydrogen-bond acceptors (Lipinski definition) is 3. The maximum absolute atomic E-state index is 12.6. The molecule has 1 fully saturated rings. The smallest absolute Gasteiger partial charge is 0.247 e. The van der Waals surface area contributed by atoms with Crippen LogP contribution in [0, 0.1) is 11.3 Å². The molecule has 0 atom stereocenters. The summed E-state index contributed by atoms with van der Waals surface area (Å²) in [5.74, 6) is -0.129. The van der Waals surface area contributed by atoms with Crippen LogP contribution in [0.2, 0.25) is 0 Å². The maximum atomic E-state index is 12.6. The molecule has 3 aromatic rings. The first kappa shape index (κ1) is 17.7. The Hall–Kier alpha value is -3.65. The van der Waals surface area contributed by atoms with E-state index in [4.69, 9.17) is 10.4 Å². The lowest BCUT2D eigenvalue weighted by molar-refractivity contribution is -0.125. The predicted molar refractivity (Wildman–Crippen MR) is 108 cm³/mol. The van der Waals surface area contributed by atoms with Crippen LogP contribution in [0.1, 0.15) is 18.4 Å². The Kier molecular flexibility index (Phi) is 5.03. The minimum Gasteiger partial charge on any atom is -0.323 e. The third kappa shape index (κ3) is 3.86. The normalized spacial score (nSPS) is 13.4. The van der Waals surface area contributed by atoms with Gasteiger partial charge in [0, 0.05) is 29.4 Å². The van der Waals surface area contributed by atoms with E-state index in [1.165, 1.54) is 0 Å². The Balaban J connectivity index is 1.68. The van der Waals surface area contributed by atoms with Crippen LogP contribution in [0.15, 0.2) is 72.9 Å². The van der Waals surface area contributed by atoms with E-state index in [0.717, 1.165) is 35.3 Å². The van der Waals surface area contributed by atoms with Crippen molar-refractivity contribution in [1.29, 1.82) is 5.26 Å². The van der Waals surface area contributed by atoms with Crippen molar-refractivity contribution in [2.75, 3.05) is 6.54 Å². The van der Waals surface area contributed by atoms with Gasteiger partial charge in [-0.1, -0.05) is 48.5 Å². The molecule has 28 heavy (non-hydrogen) atoms. The van der Waals surface area contributed by atoms with Crippen molar-refractivity contribution >= 4 is 12.0 Å². The summed E-state index contributed by atoms with van der Waals surface area (Å²) in [4.78, 5) is 14.2. The van der Waals surface area contributed by atoms with Crippen molar-refractivity contribution in [3.05, 3.63) is 78.5 Å². The molecule has 0 N–H and O–H groups in total. The molecule has 1 aliphatic rings. The molecule has 5 heteroatoms. The highest BCUT2D eigenvalue weighted by Crippen LogP contribution is 2.28. The summed E-state index contributed by atoms with van der Waals surface area (Å²) in [5.41, 5.74) is 3.61. The number of nitriles is 1. The standard InChI is InChI=1S/C23H20N4O/c24-15-16-26(20-12-13-20)22(28)14-11-19-17-27(21-9-5-2-6-10-21)25-23(19)18-7-3-1-4-8-18/h1-11,14,17,20H,12-13,16H2/b14-11+. The summed E-state index contributed by atoms with van der Waals surface area (Å²) in [6.45, 7) is 0.128. The Morgan fingerprint density at radius 1 is 1.14 bits per heavy atom. The number of para-hydroxylation sites is 1. The monoisotopic (exact) mass is 368 g/mol. The quantitative estimate of drug-likeness (QED) is 0.487. The second kappa shape index (κ2) is 7.93. The van der Waals surface area contributed by atoms with Crippen LogP contribution in [-0.2, 0) is 4.79 Å². The van der Waals surface area contributed by atoms with Gasteiger partial charge in [0.15, 0.2) is 0 Å². The van der Waals surface area contributed by atoms with Gasteiger partial charge >= 0.3 is 0 Å². The highest BCUT2D eigenvalue weighted by molar-refractivity contribution is 5.93. The highest BCUT2D eigenvalue weighted by Gasteiger charge is 2.31. The topological polar surface area (TPSA) is 61.9 Å². The zero-order chi connectivity index (χ0) is 19.3. The lowest BCUT2D eigenvalue weighted by Crippen LogP contribution is -2.31. The summed E-state index contributed by atoms with van der Waals surface area (Å²) >= 11 is 0. The molecule has 1 aliphatic carbocycles. The molecule has 0 bridgehead atoms. The Labute approximate surface area is 164 Å². The zero-order valence-electron chi connectivity index (χ0n) is 15.4. The summed E-state index contributed by atoms with van der Waals surface area (Å²) < 4.78 is 1.82. The third-order valence-electron chi connectivity index (χ3n) is 4.73. The van der Waals surface area contributed by atoms with Gasteiger partial charge in [-0.2, -0.15) is 10.4 Å². The third-order valence-corrected chi connectivity index (χ3v) is 4.73. The highest BCUT2D eigenvalue weighted by atomic mass is 16.2. The molecular formula is C23H20N4O. The average molecular weight is 368 g/mol. The van der Waals surface area contributed by atoms with Crippen molar-refractivity contribution in [2.24, 2.45) is 0 Å². The Morgan fingerprint density at radius 2 is 1.82 bits per heavy atom. The van der Waals surface area contributed by atoms with Gasteiger partial charge in [-0.3, -0.25) is 4.79 Å². The number of nitrogens with zero attached hydrogens (tertiary/aromatic N) is 4. The van der Waals surface area contributed by atoms with Gasteiger partial charge in [0.25, 0.3) is 0 Å². The molecule has 2 aromatic carbocycles. The molecule has 1 saturated carbocycles. The van der Waals surface area contributed by atoms with E-state index in [2.05, 4.69) is 6.07 Å². The summed E-state index contributed by atoms with van der Waals surface area (Å²) in [6.07, 6.45) is 7.22. The van der Waals surface area contributed by atoms with Crippen LogP contribution in [-0.4, -0.2) is 33.2 Å². The number of aromatic nitrogens is 2. The lowest BCUT2D eigenvalue weighted by Gasteiger charge is -2.16. The van der Waals surface area contributed by atoms with Gasteiger partial charge in [-0.15, -0.1) is 0 Å². The number of amides is 1. The van der Waals surface area contributed by atoms with Crippen LogP contribution >= 0.6 is 0 Å². The number of carbonyl (C=O) groups is 1. The molecule has 5 nitrogen and oxygen atoms in total. The molecule has 0 aliphatic heterocycles. The summed E-state index contributed by atoms with van der Waals surface area (Å²) in [6, 6.07) is 22.1. The molecule has 1 amide bonds. The molecular weight excluding hydrogens is 348 g/mol. The van der Waals surface area contributed by atoms with Crippen molar-refractivity contribution in [2.45, 2.75) is 18.9 Å². The SMILES string of the molecule is N#CCN(C(=O)/C=C/c1cn(-c2ccccc2)nc1-c1ccccc1)C1CC1. The molecule has 0 radical (unpaired) electrons. The van der Waals surface area contributed by atoms with E-state index in [-0.39, 0.29) is 18.5 Å². The van der Waals surface area contributed by atoms with Crippen LogP contribution < -0.4 is 0 Å². The number of hydrogen-bond donors (Lipinski definition) is 0. The molecule has 0 saturated heterocycles. The van der Waals surface area contributed by atoms with Crippen LogP contribution in [0.5, 0.6) is 0 Å². The van der Waals surface area contributed by atoms with Crippen LogP contribution in [0.25, 0.3) is 23.0 Å². The summed E-state index contributed by atoms with van der Waals surface area (Å²) in [5, 5.41) is 13.7. The first-order valence-electron chi connectivity index (χ1n) is 9.32. The van der Waals surface area contributed by atoms with E-state index < -0.39 is 0 Å². The van der Waals surface area contributed by atoms with Gasteiger partial charge in [0.1, 0.15) is 6.54 Å². The maximum Gasteiger partial charge on any atom is 0.247 e. The fraction of sp³-hybridized carbons (Fsp3) is 0.174. The summed E-state index contributed by atoms with van der Waals surface area (Å²) in [7, 11) is 0. The fourth-order valence-corrected chi connectivity index (χ4v) is 3.15. The molecule has 1 heterocycles. The molecule has 0 spiro atoms. The minimum absolute atomic E-state index is 0.128. The van der Waals surface area contributed by atoms with Gasteiger partial charge in [-0.05, 0) is 31.1 Å². The number of carbonyl (C=O) groups excluding carboxylic acids is 1. The largest absolute Gasteiger partial charge is 0.323 e. The molecule has 0 unspecified atom stereocenters. The van der Waals surface area contributed by atoms with Gasteiger partial charge in [0.05, 0.1) is 17.5 Å². The Morgan fingerprint density at radius 3 is 2.46 bits per heavy atom. The van der Waals surface area contributed by atoms with Gasteiger partial charge in [-0.25, -0.2) is 4.68 Å². The van der Waals surface area contributed by atoms with Gasteiger partial charge in [0.2, 0.25) is 5.91 Å². The lowest BCUT2D eigenvalue weighted by atomic mass is 10.1. The van der Waals surface area contributed by atoms with E-state index in [0.29, 0.717) is 0 Å². The first-order valence-corrected chi connectivity index (χ1v) is 9.32. The Bertz CT molecular complexity index is 1030. The van der Waals surface area contributed by atoms with Crippen molar-refractivity contribution in [3.63, 3.8) is 0 Å². The molecule has 1 aromatic heterocycles.